The van der Waals surface area contributed by atoms with Gasteiger partial charge >= 0.3 is 0 Å². The maximum Gasteiger partial charge on any atom is 0.274 e. The van der Waals surface area contributed by atoms with Crippen molar-refractivity contribution in [2.24, 2.45) is 17.3 Å². The number of H-pyrrole nitrogens is 1. The van der Waals surface area contributed by atoms with E-state index >= 15 is 0 Å². The molecule has 2 aliphatic rings. The van der Waals surface area contributed by atoms with E-state index in [1.807, 2.05) is 30.3 Å². The largest absolute Gasteiger partial charge is 0.378 e. The number of carbonyl (C=O) groups is 2. The standard InChI is InChI=1S/C32H34N4O2/c1-21-15-22-5-4-13-32(18-21,19-22)30(37)20-34-25-10-7-23(8-11-25)28-16-24-9-12-26(17-29(24)36-28)35-31(38)27-6-2-3-14-33-27/h2-3,6-12,14,16-17,21-22,34,36H,4-5,13,15,18-20H2,1H3,(H,35,38). The Morgan fingerprint density at radius 2 is 1.87 bits per heavy atom. The van der Waals surface area contributed by atoms with Crippen LogP contribution >= 0.6 is 0 Å². The highest BCUT2D eigenvalue weighted by Crippen LogP contribution is 2.51. The maximum absolute atomic E-state index is 13.3. The van der Waals surface area contributed by atoms with Crippen LogP contribution in [0.1, 0.15) is 55.9 Å². The molecule has 2 bridgehead atoms. The van der Waals surface area contributed by atoms with Crippen LogP contribution in [0.2, 0.25) is 0 Å². The van der Waals surface area contributed by atoms with Crippen molar-refractivity contribution in [3.05, 3.63) is 78.6 Å². The number of hydrogen-bond donors (Lipinski definition) is 3. The zero-order chi connectivity index (χ0) is 26.1. The molecule has 0 spiro atoms. The third-order valence-corrected chi connectivity index (χ3v) is 8.44. The van der Waals surface area contributed by atoms with Gasteiger partial charge in [-0.15, -0.1) is 0 Å². The highest BCUT2D eigenvalue weighted by atomic mass is 16.2. The second-order valence-corrected chi connectivity index (χ2v) is 11.3. The quantitative estimate of drug-likeness (QED) is 0.250. The molecular formula is C32H34N4O2. The van der Waals surface area contributed by atoms with Crippen molar-refractivity contribution in [1.29, 1.82) is 0 Å². The molecule has 4 aromatic rings. The molecule has 6 heteroatoms. The second kappa shape index (κ2) is 10.1. The van der Waals surface area contributed by atoms with E-state index in [4.69, 9.17) is 0 Å². The van der Waals surface area contributed by atoms with Crippen molar-refractivity contribution in [1.82, 2.24) is 9.97 Å². The molecule has 2 aliphatic carbocycles. The topological polar surface area (TPSA) is 86.9 Å². The van der Waals surface area contributed by atoms with Crippen LogP contribution in [0.3, 0.4) is 0 Å². The molecule has 38 heavy (non-hydrogen) atoms. The van der Waals surface area contributed by atoms with E-state index in [9.17, 15) is 9.59 Å². The molecule has 3 unspecified atom stereocenters. The summed E-state index contributed by atoms with van der Waals surface area (Å²) in [4.78, 5) is 33.3. The number of benzene rings is 2. The zero-order valence-electron chi connectivity index (χ0n) is 21.8. The Bertz CT molecular complexity index is 1460. The van der Waals surface area contributed by atoms with E-state index in [1.165, 1.54) is 19.3 Å². The number of ketones is 1. The summed E-state index contributed by atoms with van der Waals surface area (Å²) in [6.45, 7) is 2.72. The van der Waals surface area contributed by atoms with Crippen molar-refractivity contribution < 1.29 is 9.59 Å². The van der Waals surface area contributed by atoms with Gasteiger partial charge < -0.3 is 15.6 Å². The Morgan fingerprint density at radius 3 is 2.68 bits per heavy atom. The van der Waals surface area contributed by atoms with Gasteiger partial charge in [0.05, 0.1) is 6.54 Å². The molecule has 2 saturated carbocycles. The number of amides is 1. The molecule has 2 heterocycles. The first-order valence-electron chi connectivity index (χ1n) is 13.7. The minimum absolute atomic E-state index is 0.103. The lowest BCUT2D eigenvalue weighted by Crippen LogP contribution is -2.44. The molecule has 2 fully saturated rings. The first-order chi connectivity index (χ1) is 18.5. The van der Waals surface area contributed by atoms with Crippen LogP contribution in [0.4, 0.5) is 11.4 Å². The fourth-order valence-electron chi connectivity index (χ4n) is 6.75. The first kappa shape index (κ1) is 24.4. The van der Waals surface area contributed by atoms with E-state index in [0.717, 1.165) is 53.0 Å². The van der Waals surface area contributed by atoms with Crippen LogP contribution in [0, 0.1) is 17.3 Å². The Hall–Kier alpha value is -3.93. The molecule has 3 N–H and O–H groups in total. The molecule has 1 amide bonds. The molecule has 6 rings (SSSR count). The molecule has 194 valence electrons. The summed E-state index contributed by atoms with van der Waals surface area (Å²) in [5.41, 5.74) is 4.95. The van der Waals surface area contributed by atoms with Gasteiger partial charge in [0.1, 0.15) is 5.69 Å². The summed E-state index contributed by atoms with van der Waals surface area (Å²) >= 11 is 0. The molecule has 0 radical (unpaired) electrons. The summed E-state index contributed by atoms with van der Waals surface area (Å²) in [5, 5.41) is 7.37. The summed E-state index contributed by atoms with van der Waals surface area (Å²) in [6.07, 6.45) is 8.59. The van der Waals surface area contributed by atoms with Gasteiger partial charge in [-0.3, -0.25) is 14.6 Å². The number of nitrogens with zero attached hydrogens (tertiary/aromatic N) is 1. The number of hydrogen-bond acceptors (Lipinski definition) is 4. The molecule has 2 aromatic heterocycles. The highest BCUT2D eigenvalue weighted by molar-refractivity contribution is 6.04. The van der Waals surface area contributed by atoms with Crippen molar-refractivity contribution >= 4 is 34.0 Å². The summed E-state index contributed by atoms with van der Waals surface area (Å²) in [5.74, 6) is 1.54. The SMILES string of the molecule is CC1CC2CCCC(C(=O)CNc3ccc(-c4cc5ccc(NC(=O)c6ccccn6)cc5[nH]4)cc3)(C1)C2. The molecule has 6 nitrogen and oxygen atoms in total. The average molecular weight is 507 g/mol. The van der Waals surface area contributed by atoms with Crippen molar-refractivity contribution in [3.63, 3.8) is 0 Å². The number of pyridine rings is 1. The van der Waals surface area contributed by atoms with Crippen LogP contribution in [-0.2, 0) is 4.79 Å². The number of anilines is 2. The van der Waals surface area contributed by atoms with Gasteiger partial charge in [0.25, 0.3) is 5.91 Å². The molecule has 2 aromatic carbocycles. The smallest absolute Gasteiger partial charge is 0.274 e. The minimum atomic E-state index is -0.237. The van der Waals surface area contributed by atoms with Gasteiger partial charge in [0.2, 0.25) is 0 Å². The number of Topliss-reactive ketones (excluding diaryl/α,β-unsaturated/α-hetero) is 1. The van der Waals surface area contributed by atoms with Crippen LogP contribution < -0.4 is 10.6 Å². The lowest BCUT2D eigenvalue weighted by atomic mass is 9.57. The molecule has 0 aliphatic heterocycles. The lowest BCUT2D eigenvalue weighted by Gasteiger charge is -2.46. The van der Waals surface area contributed by atoms with Crippen LogP contribution in [-0.4, -0.2) is 28.2 Å². The fourth-order valence-corrected chi connectivity index (χ4v) is 6.75. The van der Waals surface area contributed by atoms with Gasteiger partial charge in [0.15, 0.2) is 5.78 Å². The second-order valence-electron chi connectivity index (χ2n) is 11.3. The lowest BCUT2D eigenvalue weighted by molar-refractivity contribution is -0.133. The Kier molecular flexibility index (Phi) is 6.48. The fraction of sp³-hybridized carbons (Fsp3) is 0.344. The minimum Gasteiger partial charge on any atom is -0.378 e. The Balaban J connectivity index is 1.11. The van der Waals surface area contributed by atoms with E-state index in [2.05, 4.69) is 45.7 Å². The predicted molar refractivity (Wildman–Crippen MR) is 152 cm³/mol. The van der Waals surface area contributed by atoms with E-state index < -0.39 is 0 Å². The number of aromatic nitrogens is 2. The predicted octanol–water partition coefficient (Wildman–Crippen LogP) is 7.07. The van der Waals surface area contributed by atoms with Gasteiger partial charge in [-0.2, -0.15) is 0 Å². The van der Waals surface area contributed by atoms with Crippen molar-refractivity contribution in [3.8, 4) is 11.3 Å². The highest BCUT2D eigenvalue weighted by Gasteiger charge is 2.46. The number of fused-ring (bicyclic) bond motifs is 3. The summed E-state index contributed by atoms with van der Waals surface area (Å²) in [7, 11) is 0. The monoisotopic (exact) mass is 506 g/mol. The number of aromatic amines is 1. The number of rotatable bonds is 7. The van der Waals surface area contributed by atoms with E-state index in [1.54, 1.807) is 24.4 Å². The normalized spacial score (nSPS) is 22.7. The number of carbonyl (C=O) groups excluding carboxylic acids is 2. The summed E-state index contributed by atoms with van der Waals surface area (Å²) in [6, 6.07) is 21.4. The third-order valence-electron chi connectivity index (χ3n) is 8.44. The van der Waals surface area contributed by atoms with Crippen LogP contribution in [0.25, 0.3) is 22.2 Å². The maximum atomic E-state index is 13.3. The Morgan fingerprint density at radius 1 is 1.03 bits per heavy atom. The van der Waals surface area contributed by atoms with Crippen molar-refractivity contribution in [2.75, 3.05) is 17.2 Å². The van der Waals surface area contributed by atoms with Gasteiger partial charge in [0, 0.05) is 39.6 Å². The van der Waals surface area contributed by atoms with Gasteiger partial charge in [-0.1, -0.05) is 44.0 Å². The van der Waals surface area contributed by atoms with E-state index in [0.29, 0.717) is 29.6 Å². The zero-order valence-corrected chi connectivity index (χ0v) is 21.8. The van der Waals surface area contributed by atoms with E-state index in [-0.39, 0.29) is 11.3 Å². The molecule has 3 atom stereocenters. The average Bonchev–Trinajstić information content (AvgIpc) is 3.35. The number of nitrogens with one attached hydrogen (secondary N) is 3. The molecular weight excluding hydrogens is 472 g/mol. The Labute approximate surface area is 223 Å². The van der Waals surface area contributed by atoms with Gasteiger partial charge in [-0.25, -0.2) is 0 Å². The van der Waals surface area contributed by atoms with Crippen molar-refractivity contribution in [2.45, 2.75) is 45.4 Å². The van der Waals surface area contributed by atoms with Crippen LogP contribution in [0.5, 0.6) is 0 Å². The molecule has 0 saturated heterocycles. The summed E-state index contributed by atoms with van der Waals surface area (Å²) < 4.78 is 0. The third kappa shape index (κ3) is 4.95. The van der Waals surface area contributed by atoms with Gasteiger partial charge in [-0.05, 0) is 85.5 Å². The first-order valence-corrected chi connectivity index (χ1v) is 13.7. The van der Waals surface area contributed by atoms with Crippen LogP contribution in [0.15, 0.2) is 72.9 Å².